The van der Waals surface area contributed by atoms with Crippen molar-refractivity contribution in [1.82, 2.24) is 9.88 Å². The van der Waals surface area contributed by atoms with Crippen LogP contribution in [0.15, 0.2) is 42.5 Å². The van der Waals surface area contributed by atoms with Crippen molar-refractivity contribution >= 4 is 22.8 Å². The summed E-state index contributed by atoms with van der Waals surface area (Å²) in [6.45, 7) is -0.333. The first kappa shape index (κ1) is 20.7. The number of nitrogens with one attached hydrogen (secondary N) is 1. The average molecular weight is 426 g/mol. The molecule has 1 heterocycles. The summed E-state index contributed by atoms with van der Waals surface area (Å²) in [6, 6.07) is 11.3. The molecule has 0 saturated carbocycles. The maximum Gasteiger partial charge on any atom is 0.323 e. The number of rotatable bonds is 7. The highest BCUT2D eigenvalue weighted by atomic mass is 19.1. The van der Waals surface area contributed by atoms with Crippen molar-refractivity contribution in [2.75, 3.05) is 13.7 Å². The molecule has 0 saturated heterocycles. The van der Waals surface area contributed by atoms with Gasteiger partial charge in [-0.1, -0.05) is 12.1 Å². The summed E-state index contributed by atoms with van der Waals surface area (Å²) in [6.07, 6.45) is 1.76. The van der Waals surface area contributed by atoms with Gasteiger partial charge in [0.1, 0.15) is 12.4 Å². The van der Waals surface area contributed by atoms with Gasteiger partial charge in [-0.2, -0.15) is 0 Å². The zero-order chi connectivity index (χ0) is 22.0. The molecule has 7 nitrogen and oxygen atoms in total. The molecule has 1 aromatic heterocycles. The monoisotopic (exact) mass is 426 g/mol. The number of nitrogens with zero attached hydrogens (tertiary/aromatic N) is 1. The van der Waals surface area contributed by atoms with E-state index in [1.165, 1.54) is 19.2 Å². The number of carboxylic acids is 1. The Kier molecular flexibility index (Phi) is 5.79. The Labute approximate surface area is 178 Å². The molecule has 1 atom stereocenters. The van der Waals surface area contributed by atoms with E-state index in [2.05, 4.69) is 5.32 Å². The normalized spacial score (nSPS) is 15.4. The van der Waals surface area contributed by atoms with Crippen LogP contribution in [0.1, 0.15) is 17.7 Å². The van der Waals surface area contributed by atoms with E-state index in [0.29, 0.717) is 41.7 Å². The van der Waals surface area contributed by atoms with Gasteiger partial charge in [0, 0.05) is 22.6 Å². The van der Waals surface area contributed by atoms with Gasteiger partial charge in [-0.3, -0.25) is 9.59 Å². The fraction of sp³-hybridized carbons (Fsp3) is 0.304. The number of amides is 1. The first-order valence-corrected chi connectivity index (χ1v) is 10.0. The number of hydrogen-bond acceptors (Lipinski definition) is 4. The average Bonchev–Trinajstić information content (AvgIpc) is 3.04. The van der Waals surface area contributed by atoms with Crippen LogP contribution in [0.4, 0.5) is 4.39 Å². The molecule has 0 bridgehead atoms. The highest BCUT2D eigenvalue weighted by molar-refractivity contribution is 5.87. The number of carboxylic acid groups (broad SMARTS) is 1. The molecule has 31 heavy (non-hydrogen) atoms. The number of methoxy groups -OCH3 is 1. The Morgan fingerprint density at radius 3 is 2.74 bits per heavy atom. The first-order chi connectivity index (χ1) is 15.0. The second-order valence-electron chi connectivity index (χ2n) is 7.51. The van der Waals surface area contributed by atoms with Gasteiger partial charge < -0.3 is 24.5 Å². The zero-order valence-corrected chi connectivity index (χ0v) is 17.1. The van der Waals surface area contributed by atoms with Crippen molar-refractivity contribution in [2.24, 2.45) is 0 Å². The summed E-state index contributed by atoms with van der Waals surface area (Å²) in [5.74, 6) is -0.559. The first-order valence-electron chi connectivity index (χ1n) is 10.0. The van der Waals surface area contributed by atoms with E-state index in [4.69, 9.17) is 9.47 Å². The van der Waals surface area contributed by atoms with Crippen LogP contribution < -0.4 is 14.8 Å². The molecule has 1 amide bonds. The second-order valence-corrected chi connectivity index (χ2v) is 7.51. The third kappa shape index (κ3) is 4.33. The lowest BCUT2D eigenvalue weighted by Crippen LogP contribution is -2.41. The van der Waals surface area contributed by atoms with E-state index in [1.807, 2.05) is 6.07 Å². The number of halogens is 1. The largest absolute Gasteiger partial charge is 0.493 e. The van der Waals surface area contributed by atoms with Crippen molar-refractivity contribution in [3.8, 4) is 11.5 Å². The number of carbonyl (C=O) groups excluding carboxylic acids is 1. The third-order valence-corrected chi connectivity index (χ3v) is 5.52. The van der Waals surface area contributed by atoms with Crippen LogP contribution in [0.3, 0.4) is 0 Å². The number of fused-ring (bicyclic) bond motifs is 3. The van der Waals surface area contributed by atoms with Crippen LogP contribution in [-0.2, 0) is 29.0 Å². The summed E-state index contributed by atoms with van der Waals surface area (Å²) < 4.78 is 26.4. The summed E-state index contributed by atoms with van der Waals surface area (Å²) in [7, 11) is 1.53. The van der Waals surface area contributed by atoms with Crippen LogP contribution in [0.5, 0.6) is 11.5 Å². The summed E-state index contributed by atoms with van der Waals surface area (Å²) in [4.78, 5) is 23.8. The van der Waals surface area contributed by atoms with Crippen molar-refractivity contribution in [3.05, 3.63) is 59.5 Å². The smallest absolute Gasteiger partial charge is 0.323 e. The minimum Gasteiger partial charge on any atom is -0.493 e. The van der Waals surface area contributed by atoms with Crippen molar-refractivity contribution in [2.45, 2.75) is 31.8 Å². The zero-order valence-electron chi connectivity index (χ0n) is 17.1. The van der Waals surface area contributed by atoms with E-state index in [1.54, 1.807) is 28.8 Å². The molecule has 3 aromatic rings. The number of hydrogen-bond donors (Lipinski definition) is 2. The van der Waals surface area contributed by atoms with Crippen LogP contribution in [0, 0.1) is 5.82 Å². The molecule has 2 aromatic carbocycles. The van der Waals surface area contributed by atoms with Gasteiger partial charge in [0.15, 0.2) is 18.1 Å². The van der Waals surface area contributed by atoms with E-state index in [9.17, 15) is 19.1 Å². The molecule has 0 aliphatic heterocycles. The molecule has 1 unspecified atom stereocenters. The predicted molar refractivity (Wildman–Crippen MR) is 112 cm³/mol. The fourth-order valence-corrected chi connectivity index (χ4v) is 4.21. The van der Waals surface area contributed by atoms with E-state index < -0.39 is 5.97 Å². The van der Waals surface area contributed by atoms with E-state index >= 15 is 0 Å². The van der Waals surface area contributed by atoms with Gasteiger partial charge in [0.05, 0.1) is 7.11 Å². The Bertz CT molecular complexity index is 1140. The number of benzene rings is 2. The lowest BCUT2D eigenvalue weighted by molar-refractivity contribution is -0.137. The van der Waals surface area contributed by atoms with Gasteiger partial charge in [-0.25, -0.2) is 4.39 Å². The molecule has 2 N–H and O–H groups in total. The lowest BCUT2D eigenvalue weighted by atomic mass is 9.91. The summed E-state index contributed by atoms with van der Waals surface area (Å²) in [5, 5.41) is 13.0. The van der Waals surface area contributed by atoms with Gasteiger partial charge in [0.25, 0.3) is 5.91 Å². The number of aromatic nitrogens is 1. The maximum absolute atomic E-state index is 13.9. The van der Waals surface area contributed by atoms with Crippen LogP contribution in [0.2, 0.25) is 0 Å². The highest BCUT2D eigenvalue weighted by Gasteiger charge is 2.27. The molecular weight excluding hydrogens is 403 g/mol. The minimum atomic E-state index is -0.951. The van der Waals surface area contributed by atoms with Crippen LogP contribution >= 0.6 is 0 Å². The molecule has 8 heteroatoms. The van der Waals surface area contributed by atoms with Crippen molar-refractivity contribution in [3.63, 3.8) is 0 Å². The Hall–Kier alpha value is -3.55. The molecule has 1 aliphatic carbocycles. The lowest BCUT2D eigenvalue weighted by Gasteiger charge is -2.25. The number of aliphatic carboxylic acids is 1. The summed E-state index contributed by atoms with van der Waals surface area (Å²) >= 11 is 0. The molecule has 0 radical (unpaired) electrons. The second kappa shape index (κ2) is 8.67. The van der Waals surface area contributed by atoms with E-state index in [0.717, 1.165) is 11.3 Å². The van der Waals surface area contributed by atoms with Gasteiger partial charge in [-0.05, 0) is 55.2 Å². The number of para-hydroxylation sites is 2. The quantitative estimate of drug-likeness (QED) is 0.606. The predicted octanol–water partition coefficient (Wildman–Crippen LogP) is 2.93. The Morgan fingerprint density at radius 2 is 2.00 bits per heavy atom. The maximum atomic E-state index is 13.9. The SMILES string of the molecule is COc1ccccc1OCC(=O)NC1CCc2c(c3cc(F)ccc3n2CC(=O)O)C1. The van der Waals surface area contributed by atoms with Gasteiger partial charge in [-0.15, -0.1) is 0 Å². The van der Waals surface area contributed by atoms with Crippen LogP contribution in [-0.4, -0.2) is 41.3 Å². The minimum absolute atomic E-state index is 0.145. The topological polar surface area (TPSA) is 89.8 Å². The molecule has 162 valence electrons. The Balaban J connectivity index is 1.48. The van der Waals surface area contributed by atoms with Crippen molar-refractivity contribution in [1.29, 1.82) is 0 Å². The third-order valence-electron chi connectivity index (χ3n) is 5.52. The highest BCUT2D eigenvalue weighted by Crippen LogP contribution is 2.33. The standard InChI is InChI=1S/C23H23FN2O5/c1-30-20-4-2-3-5-21(20)31-13-22(27)25-15-7-9-19-17(11-15)16-10-14(24)6-8-18(16)26(19)12-23(28)29/h2-6,8,10,15H,7,9,11-13H2,1H3,(H,25,27)(H,28,29). The van der Waals surface area contributed by atoms with Gasteiger partial charge in [0.2, 0.25) is 0 Å². The van der Waals surface area contributed by atoms with E-state index in [-0.39, 0.29) is 30.9 Å². The molecule has 0 fully saturated rings. The Morgan fingerprint density at radius 1 is 1.23 bits per heavy atom. The van der Waals surface area contributed by atoms with Crippen molar-refractivity contribution < 1.29 is 28.6 Å². The molecule has 0 spiro atoms. The molecule has 1 aliphatic rings. The van der Waals surface area contributed by atoms with Gasteiger partial charge >= 0.3 is 5.97 Å². The fourth-order valence-electron chi connectivity index (χ4n) is 4.21. The van der Waals surface area contributed by atoms with Crippen LogP contribution in [0.25, 0.3) is 10.9 Å². The molecule has 4 rings (SSSR count). The summed E-state index contributed by atoms with van der Waals surface area (Å²) in [5.41, 5.74) is 2.47. The number of ether oxygens (including phenoxy) is 2. The number of carbonyl (C=O) groups is 2. The molecular formula is C23H23FN2O5.